The van der Waals surface area contributed by atoms with E-state index in [1.165, 1.54) is 6.42 Å². The molecule has 2 heteroatoms. The van der Waals surface area contributed by atoms with Crippen molar-refractivity contribution in [1.29, 1.82) is 0 Å². The summed E-state index contributed by atoms with van der Waals surface area (Å²) < 4.78 is 0. The number of hydrogen-bond donors (Lipinski definition) is 0. The summed E-state index contributed by atoms with van der Waals surface area (Å²) >= 11 is 0. The lowest BCUT2D eigenvalue weighted by molar-refractivity contribution is -0.131. The highest BCUT2D eigenvalue weighted by atomic mass is 16.2. The maximum atomic E-state index is 11.5. The molecule has 0 N–H and O–H groups in total. The molecule has 0 aromatic rings. The Hall–Kier alpha value is -0.530. The van der Waals surface area contributed by atoms with Gasteiger partial charge < -0.3 is 4.90 Å². The zero-order valence-electron chi connectivity index (χ0n) is 7.92. The molecule has 2 atom stereocenters. The van der Waals surface area contributed by atoms with Crippen molar-refractivity contribution >= 4 is 5.91 Å². The predicted molar refractivity (Wildman–Crippen MR) is 47.6 cm³/mol. The van der Waals surface area contributed by atoms with E-state index in [2.05, 4.69) is 6.92 Å². The third kappa shape index (κ3) is 1.62. The molecule has 0 saturated heterocycles. The quantitative estimate of drug-likeness (QED) is 0.624. The fourth-order valence-corrected chi connectivity index (χ4v) is 1.74. The number of nitrogens with zero attached hydrogens (tertiary/aromatic N) is 1. The Morgan fingerprint density at radius 3 is 2.50 bits per heavy atom. The van der Waals surface area contributed by atoms with E-state index in [1.54, 1.807) is 0 Å². The van der Waals surface area contributed by atoms with Gasteiger partial charge in [0.05, 0.1) is 0 Å². The summed E-state index contributed by atoms with van der Waals surface area (Å²) in [5.74, 6) is 2.44. The van der Waals surface area contributed by atoms with Gasteiger partial charge in [-0.1, -0.05) is 6.92 Å². The van der Waals surface area contributed by atoms with Gasteiger partial charge in [-0.05, 0) is 31.1 Å². The summed E-state index contributed by atoms with van der Waals surface area (Å²) in [6, 6.07) is 0. The molecule has 0 radical (unpaired) electrons. The van der Waals surface area contributed by atoms with E-state index in [4.69, 9.17) is 0 Å². The summed E-state index contributed by atoms with van der Waals surface area (Å²) in [5, 5.41) is 0. The molecule has 68 valence electrons. The molecule has 0 bridgehead atoms. The van der Waals surface area contributed by atoms with Crippen LogP contribution in [0.1, 0.15) is 26.2 Å². The minimum Gasteiger partial charge on any atom is -0.345 e. The van der Waals surface area contributed by atoms with Crippen molar-refractivity contribution in [2.45, 2.75) is 26.2 Å². The molecular weight excluding hydrogens is 150 g/mol. The molecule has 1 amide bonds. The van der Waals surface area contributed by atoms with E-state index < -0.39 is 0 Å². The molecule has 0 aromatic heterocycles. The SMILES string of the molecule is CC1CC1CN(C)C(=O)C1CC1. The van der Waals surface area contributed by atoms with Crippen LogP contribution in [0.5, 0.6) is 0 Å². The lowest BCUT2D eigenvalue weighted by Gasteiger charge is -2.16. The van der Waals surface area contributed by atoms with Crippen LogP contribution in [0.15, 0.2) is 0 Å². The van der Waals surface area contributed by atoms with Crippen LogP contribution >= 0.6 is 0 Å². The highest BCUT2D eigenvalue weighted by molar-refractivity contribution is 5.80. The number of carbonyl (C=O) groups is 1. The van der Waals surface area contributed by atoms with Gasteiger partial charge in [-0.15, -0.1) is 0 Å². The van der Waals surface area contributed by atoms with Gasteiger partial charge in [0.25, 0.3) is 0 Å². The van der Waals surface area contributed by atoms with Crippen LogP contribution in [-0.2, 0) is 4.79 Å². The molecule has 0 aliphatic heterocycles. The predicted octanol–water partition coefficient (Wildman–Crippen LogP) is 1.51. The van der Waals surface area contributed by atoms with Gasteiger partial charge >= 0.3 is 0 Å². The smallest absolute Gasteiger partial charge is 0.225 e. The fraction of sp³-hybridized carbons (Fsp3) is 0.900. The Labute approximate surface area is 73.9 Å². The van der Waals surface area contributed by atoms with E-state index in [0.29, 0.717) is 11.8 Å². The summed E-state index contributed by atoms with van der Waals surface area (Å²) in [6.07, 6.45) is 3.58. The van der Waals surface area contributed by atoms with Crippen LogP contribution in [0.2, 0.25) is 0 Å². The second kappa shape index (κ2) is 2.75. The maximum Gasteiger partial charge on any atom is 0.225 e. The first-order valence-electron chi connectivity index (χ1n) is 4.93. The molecule has 2 aliphatic carbocycles. The molecule has 2 rings (SSSR count). The molecule has 2 aliphatic rings. The van der Waals surface area contributed by atoms with Crippen LogP contribution in [0, 0.1) is 17.8 Å². The Morgan fingerprint density at radius 2 is 2.08 bits per heavy atom. The second-order valence-electron chi connectivity index (χ2n) is 4.47. The van der Waals surface area contributed by atoms with Crippen molar-refractivity contribution in [1.82, 2.24) is 4.90 Å². The minimum atomic E-state index is 0.383. The van der Waals surface area contributed by atoms with Crippen molar-refractivity contribution in [3.63, 3.8) is 0 Å². The van der Waals surface area contributed by atoms with Crippen LogP contribution in [0.4, 0.5) is 0 Å². The van der Waals surface area contributed by atoms with Crippen molar-refractivity contribution in [3.8, 4) is 0 Å². The van der Waals surface area contributed by atoms with Gasteiger partial charge in [-0.25, -0.2) is 0 Å². The zero-order chi connectivity index (χ0) is 8.72. The van der Waals surface area contributed by atoms with Crippen LogP contribution < -0.4 is 0 Å². The van der Waals surface area contributed by atoms with Crippen molar-refractivity contribution in [2.24, 2.45) is 17.8 Å². The molecule has 2 fully saturated rings. The molecular formula is C10H17NO. The second-order valence-corrected chi connectivity index (χ2v) is 4.47. The first-order valence-corrected chi connectivity index (χ1v) is 4.93. The number of hydrogen-bond acceptors (Lipinski definition) is 1. The molecule has 0 aromatic carbocycles. The molecule has 12 heavy (non-hydrogen) atoms. The van der Waals surface area contributed by atoms with Crippen LogP contribution in [-0.4, -0.2) is 24.4 Å². The molecule has 0 heterocycles. The van der Waals surface area contributed by atoms with Crippen LogP contribution in [0.25, 0.3) is 0 Å². The fourth-order valence-electron chi connectivity index (χ4n) is 1.74. The first-order chi connectivity index (χ1) is 5.68. The van der Waals surface area contributed by atoms with E-state index in [0.717, 1.165) is 31.2 Å². The highest BCUT2D eigenvalue weighted by Gasteiger charge is 2.37. The number of rotatable bonds is 3. The normalized spacial score (nSPS) is 33.2. The van der Waals surface area contributed by atoms with E-state index in [9.17, 15) is 4.79 Å². The van der Waals surface area contributed by atoms with Gasteiger partial charge in [-0.3, -0.25) is 4.79 Å². The summed E-state index contributed by atoms with van der Waals surface area (Å²) in [4.78, 5) is 13.4. The summed E-state index contributed by atoms with van der Waals surface area (Å²) in [6.45, 7) is 3.26. The monoisotopic (exact) mass is 167 g/mol. The third-order valence-corrected chi connectivity index (χ3v) is 3.09. The van der Waals surface area contributed by atoms with E-state index >= 15 is 0 Å². The van der Waals surface area contributed by atoms with E-state index in [-0.39, 0.29) is 0 Å². The average Bonchev–Trinajstić information content (AvgIpc) is 2.86. The van der Waals surface area contributed by atoms with Gasteiger partial charge in [0, 0.05) is 19.5 Å². The summed E-state index contributed by atoms with van der Waals surface area (Å²) in [5.41, 5.74) is 0. The molecule has 2 saturated carbocycles. The zero-order valence-corrected chi connectivity index (χ0v) is 7.92. The Kier molecular flexibility index (Phi) is 1.85. The van der Waals surface area contributed by atoms with Gasteiger partial charge in [0.2, 0.25) is 5.91 Å². The Morgan fingerprint density at radius 1 is 1.50 bits per heavy atom. The van der Waals surface area contributed by atoms with Gasteiger partial charge in [-0.2, -0.15) is 0 Å². The maximum absolute atomic E-state index is 11.5. The topological polar surface area (TPSA) is 20.3 Å². The molecule has 2 unspecified atom stereocenters. The highest BCUT2D eigenvalue weighted by Crippen LogP contribution is 2.39. The van der Waals surface area contributed by atoms with E-state index in [1.807, 2.05) is 11.9 Å². The average molecular weight is 167 g/mol. The van der Waals surface area contributed by atoms with Crippen molar-refractivity contribution < 1.29 is 4.79 Å². The van der Waals surface area contributed by atoms with Crippen molar-refractivity contribution in [2.75, 3.05) is 13.6 Å². The van der Waals surface area contributed by atoms with Crippen LogP contribution in [0.3, 0.4) is 0 Å². The Balaban J connectivity index is 1.75. The standard InChI is InChI=1S/C10H17NO/c1-7-5-9(7)6-11(2)10(12)8-3-4-8/h7-9H,3-6H2,1-2H3. The summed E-state index contributed by atoms with van der Waals surface area (Å²) in [7, 11) is 1.95. The van der Waals surface area contributed by atoms with Gasteiger partial charge in [0.15, 0.2) is 0 Å². The number of amides is 1. The minimum absolute atomic E-state index is 0.383. The largest absolute Gasteiger partial charge is 0.345 e. The molecule has 0 spiro atoms. The van der Waals surface area contributed by atoms with Gasteiger partial charge in [0.1, 0.15) is 0 Å². The first kappa shape index (κ1) is 8.09. The Bertz CT molecular complexity index is 198. The molecule has 2 nitrogen and oxygen atoms in total. The third-order valence-electron chi connectivity index (χ3n) is 3.09. The number of carbonyl (C=O) groups excluding carboxylic acids is 1. The lowest BCUT2D eigenvalue weighted by Crippen LogP contribution is -2.30. The van der Waals surface area contributed by atoms with Crippen molar-refractivity contribution in [3.05, 3.63) is 0 Å². The lowest BCUT2D eigenvalue weighted by atomic mass is 10.3.